The van der Waals surface area contributed by atoms with Crippen LogP contribution in [-0.2, 0) is 0 Å². The van der Waals surface area contributed by atoms with Crippen molar-refractivity contribution in [2.75, 3.05) is 5.73 Å². The van der Waals surface area contributed by atoms with E-state index < -0.39 is 0 Å². The third kappa shape index (κ3) is 3.19. The molecule has 19 heavy (non-hydrogen) atoms. The summed E-state index contributed by atoms with van der Waals surface area (Å²) in [4.78, 5) is 16.3. The number of anilines is 1. The molecule has 0 aliphatic rings. The van der Waals surface area contributed by atoms with Crippen LogP contribution in [0.25, 0.3) is 0 Å². The van der Waals surface area contributed by atoms with Gasteiger partial charge < -0.3 is 5.73 Å². The summed E-state index contributed by atoms with van der Waals surface area (Å²) in [5, 5.41) is 0. The van der Waals surface area contributed by atoms with Crippen molar-refractivity contribution in [2.45, 2.75) is 26.2 Å². The summed E-state index contributed by atoms with van der Waals surface area (Å²) < 4.78 is 0. The molecule has 1 atom stereocenters. The Balaban J connectivity index is 2.11. The van der Waals surface area contributed by atoms with Crippen molar-refractivity contribution in [3.8, 4) is 0 Å². The molecule has 0 aliphatic carbocycles. The van der Waals surface area contributed by atoms with E-state index in [0.29, 0.717) is 12.0 Å². The van der Waals surface area contributed by atoms with Gasteiger partial charge in [-0.15, -0.1) is 0 Å². The molecule has 0 saturated carbocycles. The third-order valence-electron chi connectivity index (χ3n) is 3.34. The standard InChI is InChI=1S/C16H18N2O/c1-11-7-8-18-10-15(11)16(19)9-12(2)13-3-5-14(17)6-4-13/h3-8,10,12H,9,17H2,1-2H3. The average molecular weight is 254 g/mol. The van der Waals surface area contributed by atoms with Gasteiger partial charge in [0, 0.05) is 30.1 Å². The summed E-state index contributed by atoms with van der Waals surface area (Å²) in [6.45, 7) is 3.98. The number of aryl methyl sites for hydroxylation is 1. The molecule has 98 valence electrons. The van der Waals surface area contributed by atoms with Gasteiger partial charge in [0.25, 0.3) is 0 Å². The maximum atomic E-state index is 12.3. The van der Waals surface area contributed by atoms with Crippen LogP contribution in [-0.4, -0.2) is 10.8 Å². The Labute approximate surface area is 113 Å². The highest BCUT2D eigenvalue weighted by atomic mass is 16.1. The SMILES string of the molecule is Cc1ccncc1C(=O)CC(C)c1ccc(N)cc1. The predicted molar refractivity (Wildman–Crippen MR) is 77.2 cm³/mol. The fourth-order valence-corrected chi connectivity index (χ4v) is 2.09. The molecule has 3 nitrogen and oxygen atoms in total. The Morgan fingerprint density at radius 1 is 1.26 bits per heavy atom. The highest BCUT2D eigenvalue weighted by Crippen LogP contribution is 2.22. The predicted octanol–water partition coefficient (Wildman–Crippen LogP) is 3.35. The zero-order valence-corrected chi connectivity index (χ0v) is 11.3. The molecule has 1 aromatic heterocycles. The maximum Gasteiger partial charge on any atom is 0.165 e. The number of aromatic nitrogens is 1. The monoisotopic (exact) mass is 254 g/mol. The molecule has 2 rings (SSSR count). The maximum absolute atomic E-state index is 12.3. The van der Waals surface area contributed by atoms with Gasteiger partial charge in [0.05, 0.1) is 0 Å². The fourth-order valence-electron chi connectivity index (χ4n) is 2.09. The lowest BCUT2D eigenvalue weighted by molar-refractivity contribution is 0.0974. The van der Waals surface area contributed by atoms with Gasteiger partial charge in [-0.05, 0) is 42.2 Å². The first-order valence-corrected chi connectivity index (χ1v) is 6.37. The second kappa shape index (κ2) is 5.65. The van der Waals surface area contributed by atoms with Crippen molar-refractivity contribution in [2.24, 2.45) is 0 Å². The molecule has 0 radical (unpaired) electrons. The normalized spacial score (nSPS) is 12.1. The molecule has 0 amide bonds. The zero-order valence-electron chi connectivity index (χ0n) is 11.3. The van der Waals surface area contributed by atoms with E-state index in [9.17, 15) is 4.79 Å². The molecule has 0 saturated heterocycles. The van der Waals surface area contributed by atoms with E-state index in [1.54, 1.807) is 12.4 Å². The molecule has 1 aromatic carbocycles. The number of hydrogen-bond donors (Lipinski definition) is 1. The number of benzene rings is 1. The van der Waals surface area contributed by atoms with Crippen LogP contribution >= 0.6 is 0 Å². The minimum absolute atomic E-state index is 0.134. The molecule has 0 bridgehead atoms. The van der Waals surface area contributed by atoms with Gasteiger partial charge >= 0.3 is 0 Å². The van der Waals surface area contributed by atoms with Crippen LogP contribution in [0.3, 0.4) is 0 Å². The molecular weight excluding hydrogens is 236 g/mol. The van der Waals surface area contributed by atoms with E-state index in [1.165, 1.54) is 0 Å². The first-order valence-electron chi connectivity index (χ1n) is 6.37. The number of pyridine rings is 1. The molecule has 0 aliphatic heterocycles. The Morgan fingerprint density at radius 3 is 2.58 bits per heavy atom. The van der Waals surface area contributed by atoms with Crippen molar-refractivity contribution in [1.82, 2.24) is 4.98 Å². The zero-order chi connectivity index (χ0) is 13.8. The third-order valence-corrected chi connectivity index (χ3v) is 3.34. The minimum Gasteiger partial charge on any atom is -0.399 e. The van der Waals surface area contributed by atoms with Gasteiger partial charge in [-0.2, -0.15) is 0 Å². The second-order valence-corrected chi connectivity index (χ2v) is 4.89. The number of nitrogen functional groups attached to an aromatic ring is 1. The van der Waals surface area contributed by atoms with Crippen molar-refractivity contribution >= 4 is 11.5 Å². The van der Waals surface area contributed by atoms with Gasteiger partial charge in [0.2, 0.25) is 0 Å². The number of Topliss-reactive ketones (excluding diaryl/α,β-unsaturated/α-hetero) is 1. The summed E-state index contributed by atoms with van der Waals surface area (Å²) in [5.41, 5.74) is 9.22. The molecule has 0 spiro atoms. The van der Waals surface area contributed by atoms with E-state index in [0.717, 1.165) is 16.8 Å². The molecule has 1 unspecified atom stereocenters. The van der Waals surface area contributed by atoms with Gasteiger partial charge in [0.15, 0.2) is 5.78 Å². The molecule has 2 aromatic rings. The summed E-state index contributed by atoms with van der Waals surface area (Å²) >= 11 is 0. The Bertz CT molecular complexity index is 576. The van der Waals surface area contributed by atoms with E-state index in [-0.39, 0.29) is 11.7 Å². The fraction of sp³-hybridized carbons (Fsp3) is 0.250. The van der Waals surface area contributed by atoms with Crippen LogP contribution in [0, 0.1) is 6.92 Å². The van der Waals surface area contributed by atoms with Gasteiger partial charge in [-0.1, -0.05) is 19.1 Å². The average Bonchev–Trinajstić information content (AvgIpc) is 2.39. The minimum atomic E-state index is 0.134. The highest BCUT2D eigenvalue weighted by molar-refractivity contribution is 5.97. The lowest BCUT2D eigenvalue weighted by atomic mass is 9.92. The molecule has 0 fully saturated rings. The van der Waals surface area contributed by atoms with E-state index in [4.69, 9.17) is 5.73 Å². The molecule has 2 N–H and O–H groups in total. The number of ketones is 1. The smallest absolute Gasteiger partial charge is 0.165 e. The van der Waals surface area contributed by atoms with Crippen molar-refractivity contribution < 1.29 is 4.79 Å². The van der Waals surface area contributed by atoms with Gasteiger partial charge in [-0.25, -0.2) is 0 Å². The lowest BCUT2D eigenvalue weighted by Gasteiger charge is -2.12. The van der Waals surface area contributed by atoms with Crippen LogP contribution < -0.4 is 5.73 Å². The van der Waals surface area contributed by atoms with Crippen LogP contribution in [0.15, 0.2) is 42.7 Å². The Kier molecular flexibility index (Phi) is 3.95. The largest absolute Gasteiger partial charge is 0.399 e. The van der Waals surface area contributed by atoms with Crippen LogP contribution in [0.4, 0.5) is 5.69 Å². The number of carbonyl (C=O) groups excluding carboxylic acids is 1. The van der Waals surface area contributed by atoms with E-state index in [1.807, 2.05) is 37.3 Å². The Morgan fingerprint density at radius 2 is 1.95 bits per heavy atom. The summed E-state index contributed by atoms with van der Waals surface area (Å²) in [6, 6.07) is 9.55. The van der Waals surface area contributed by atoms with Gasteiger partial charge in [-0.3, -0.25) is 9.78 Å². The van der Waals surface area contributed by atoms with Crippen molar-refractivity contribution in [3.63, 3.8) is 0 Å². The highest BCUT2D eigenvalue weighted by Gasteiger charge is 2.14. The number of hydrogen-bond acceptors (Lipinski definition) is 3. The first kappa shape index (κ1) is 13.3. The molecule has 3 heteroatoms. The molecule has 1 heterocycles. The first-order chi connectivity index (χ1) is 9.08. The Hall–Kier alpha value is -2.16. The van der Waals surface area contributed by atoms with Crippen LogP contribution in [0.5, 0.6) is 0 Å². The van der Waals surface area contributed by atoms with Crippen LogP contribution in [0.1, 0.15) is 40.7 Å². The number of nitrogens with zero attached hydrogens (tertiary/aromatic N) is 1. The topological polar surface area (TPSA) is 56.0 Å². The van der Waals surface area contributed by atoms with E-state index >= 15 is 0 Å². The number of nitrogens with two attached hydrogens (primary N) is 1. The number of carbonyl (C=O) groups is 1. The quantitative estimate of drug-likeness (QED) is 0.672. The molecular formula is C16H18N2O. The van der Waals surface area contributed by atoms with Crippen molar-refractivity contribution in [1.29, 1.82) is 0 Å². The summed E-state index contributed by atoms with van der Waals surface area (Å²) in [7, 11) is 0. The second-order valence-electron chi connectivity index (χ2n) is 4.89. The number of rotatable bonds is 4. The lowest BCUT2D eigenvalue weighted by Crippen LogP contribution is -2.07. The summed E-state index contributed by atoms with van der Waals surface area (Å²) in [5.74, 6) is 0.308. The van der Waals surface area contributed by atoms with Gasteiger partial charge in [0.1, 0.15) is 0 Å². The van der Waals surface area contributed by atoms with Crippen molar-refractivity contribution in [3.05, 3.63) is 59.4 Å². The van der Waals surface area contributed by atoms with Crippen LogP contribution in [0.2, 0.25) is 0 Å². The summed E-state index contributed by atoms with van der Waals surface area (Å²) in [6.07, 6.45) is 3.83. The van der Waals surface area contributed by atoms with E-state index in [2.05, 4.69) is 11.9 Å².